The second-order valence-electron chi connectivity index (χ2n) is 8.84. The zero-order chi connectivity index (χ0) is 24.7. The van der Waals surface area contributed by atoms with Crippen LogP contribution in [0.1, 0.15) is 37.2 Å². The van der Waals surface area contributed by atoms with Crippen molar-refractivity contribution in [2.24, 2.45) is 5.73 Å². The molecule has 1 amide bonds. The number of hydrogen-bond donors (Lipinski definition) is 2. The molecule has 182 valence electrons. The summed E-state index contributed by atoms with van der Waals surface area (Å²) in [4.78, 5) is 18.8. The zero-order valence-corrected chi connectivity index (χ0v) is 19.9. The van der Waals surface area contributed by atoms with E-state index in [1.165, 1.54) is 16.4 Å². The molecule has 8 nitrogen and oxygen atoms in total. The Bertz CT molecular complexity index is 1490. The molecule has 0 unspecified atom stereocenters. The fourth-order valence-electron chi connectivity index (χ4n) is 4.39. The van der Waals surface area contributed by atoms with Crippen LogP contribution in [-0.4, -0.2) is 37.1 Å². The highest BCUT2D eigenvalue weighted by Gasteiger charge is 2.32. The molecular weight excluding hydrogens is 471 g/mol. The van der Waals surface area contributed by atoms with Gasteiger partial charge in [-0.25, -0.2) is 17.8 Å². The largest absolute Gasteiger partial charge is 0.455 e. The van der Waals surface area contributed by atoms with Crippen molar-refractivity contribution in [3.63, 3.8) is 0 Å². The summed E-state index contributed by atoms with van der Waals surface area (Å²) in [7, 11) is -3.64. The van der Waals surface area contributed by atoms with E-state index in [2.05, 4.69) is 9.97 Å². The number of aromatic amines is 1. The molecule has 0 bridgehead atoms. The second kappa shape index (κ2) is 8.84. The molecule has 35 heavy (non-hydrogen) atoms. The maximum absolute atomic E-state index is 13.6. The molecule has 5 rings (SSSR count). The van der Waals surface area contributed by atoms with Crippen molar-refractivity contribution in [1.29, 1.82) is 0 Å². The lowest BCUT2D eigenvalue weighted by atomic mass is 10.0. The van der Waals surface area contributed by atoms with E-state index < -0.39 is 15.9 Å². The molecule has 3 N–H and O–H groups in total. The van der Waals surface area contributed by atoms with Crippen LogP contribution in [0.2, 0.25) is 0 Å². The number of nitrogens with zero attached hydrogens (tertiary/aromatic N) is 2. The smallest absolute Gasteiger partial charge is 0.232 e. The predicted octanol–water partition coefficient (Wildman–Crippen LogP) is 4.54. The molecule has 1 aliphatic carbocycles. The van der Waals surface area contributed by atoms with Crippen molar-refractivity contribution >= 4 is 32.6 Å². The van der Waals surface area contributed by atoms with Gasteiger partial charge in [0.2, 0.25) is 15.9 Å². The van der Waals surface area contributed by atoms with Crippen LogP contribution in [0.4, 0.5) is 10.1 Å². The number of nitrogens with two attached hydrogens (primary N) is 1. The topological polar surface area (TPSA) is 122 Å². The summed E-state index contributed by atoms with van der Waals surface area (Å²) in [6.45, 7) is 0.129. The van der Waals surface area contributed by atoms with E-state index in [9.17, 15) is 17.6 Å². The SMILES string of the molecule is CS(=O)(=O)N(CCCC(N)=O)c1cc2oc(-c3ccc(F)cc3)c(-c3ncc[nH]3)c2cc1C1CC1. The standard InChI is InChI=1S/C25H25FN4O4S/c1-35(32,33)30(12-2-3-22(27)31)20-14-21-19(13-18(20)15-4-5-15)23(25-28-10-11-29-25)24(34-21)16-6-8-17(26)9-7-16/h6-11,13-15H,2-5,12H2,1H3,(H2,27,31)(H,28,29). The van der Waals surface area contributed by atoms with Crippen molar-refractivity contribution in [3.8, 4) is 22.7 Å². The van der Waals surface area contributed by atoms with Crippen molar-refractivity contribution < 1.29 is 22.0 Å². The number of carbonyl (C=O) groups excluding carboxylic acids is 1. The van der Waals surface area contributed by atoms with Gasteiger partial charge in [0.1, 0.15) is 23.0 Å². The minimum atomic E-state index is -3.64. The Morgan fingerprint density at radius 2 is 2.00 bits per heavy atom. The van der Waals surface area contributed by atoms with E-state index in [1.807, 2.05) is 6.07 Å². The number of rotatable bonds is 9. The number of fused-ring (bicyclic) bond motifs is 1. The van der Waals surface area contributed by atoms with E-state index in [4.69, 9.17) is 10.2 Å². The number of H-pyrrole nitrogens is 1. The summed E-state index contributed by atoms with van der Waals surface area (Å²) >= 11 is 0. The Kier molecular flexibility index (Phi) is 5.84. The highest BCUT2D eigenvalue weighted by atomic mass is 32.2. The summed E-state index contributed by atoms with van der Waals surface area (Å²) in [5.74, 6) is 0.493. The van der Waals surface area contributed by atoms with Gasteiger partial charge in [0, 0.05) is 42.4 Å². The summed E-state index contributed by atoms with van der Waals surface area (Å²) in [6, 6.07) is 9.71. The maximum Gasteiger partial charge on any atom is 0.232 e. The third-order valence-electron chi connectivity index (χ3n) is 6.15. The van der Waals surface area contributed by atoms with E-state index in [0.717, 1.165) is 35.6 Å². The third kappa shape index (κ3) is 4.66. The average molecular weight is 497 g/mol. The Balaban J connectivity index is 1.71. The Morgan fingerprint density at radius 3 is 2.60 bits per heavy atom. The van der Waals surface area contributed by atoms with Gasteiger partial charge < -0.3 is 15.1 Å². The molecule has 1 aliphatic rings. The van der Waals surface area contributed by atoms with Crippen molar-refractivity contribution in [2.45, 2.75) is 31.6 Å². The minimum absolute atomic E-state index is 0.0884. The molecule has 10 heteroatoms. The Labute approximate surface area is 202 Å². The van der Waals surface area contributed by atoms with Gasteiger partial charge in [-0.2, -0.15) is 0 Å². The molecule has 0 aliphatic heterocycles. The van der Waals surface area contributed by atoms with Gasteiger partial charge in [-0.3, -0.25) is 9.10 Å². The lowest BCUT2D eigenvalue weighted by molar-refractivity contribution is -0.118. The number of aromatic nitrogens is 2. The Hall–Kier alpha value is -3.66. The molecule has 1 saturated carbocycles. The number of sulfonamides is 1. The quantitative estimate of drug-likeness (QED) is 0.352. The molecule has 2 aromatic carbocycles. The van der Waals surface area contributed by atoms with Gasteiger partial charge in [-0.15, -0.1) is 0 Å². The van der Waals surface area contributed by atoms with Crippen molar-refractivity contribution in [2.75, 3.05) is 17.1 Å². The summed E-state index contributed by atoms with van der Waals surface area (Å²) in [6.07, 6.45) is 6.81. The third-order valence-corrected chi connectivity index (χ3v) is 7.33. The van der Waals surface area contributed by atoms with Crippen LogP contribution < -0.4 is 10.0 Å². The predicted molar refractivity (Wildman–Crippen MR) is 132 cm³/mol. The minimum Gasteiger partial charge on any atom is -0.455 e. The van der Waals surface area contributed by atoms with E-state index >= 15 is 0 Å². The van der Waals surface area contributed by atoms with E-state index in [1.54, 1.807) is 30.6 Å². The molecule has 4 aromatic rings. The zero-order valence-electron chi connectivity index (χ0n) is 19.1. The first-order chi connectivity index (χ1) is 16.7. The molecule has 0 atom stereocenters. The Morgan fingerprint density at radius 1 is 1.26 bits per heavy atom. The van der Waals surface area contributed by atoms with Crippen molar-refractivity contribution in [1.82, 2.24) is 9.97 Å². The molecule has 1 fully saturated rings. The molecule has 0 saturated heterocycles. The van der Waals surface area contributed by atoms with Crippen LogP contribution in [0, 0.1) is 5.82 Å². The van der Waals surface area contributed by atoms with Crippen LogP contribution in [0.15, 0.2) is 53.2 Å². The van der Waals surface area contributed by atoms with Crippen LogP contribution >= 0.6 is 0 Å². The van der Waals surface area contributed by atoms with Crippen LogP contribution in [0.25, 0.3) is 33.7 Å². The fraction of sp³-hybridized carbons (Fsp3) is 0.280. The van der Waals surface area contributed by atoms with Gasteiger partial charge in [-0.1, -0.05) is 0 Å². The van der Waals surface area contributed by atoms with Gasteiger partial charge in [0.15, 0.2) is 0 Å². The van der Waals surface area contributed by atoms with Gasteiger partial charge in [-0.05, 0) is 61.1 Å². The number of nitrogens with one attached hydrogen (secondary N) is 1. The summed E-state index contributed by atoms with van der Waals surface area (Å²) in [5.41, 5.74) is 8.59. The van der Waals surface area contributed by atoms with Gasteiger partial charge in [0.05, 0.1) is 17.5 Å². The van der Waals surface area contributed by atoms with Crippen molar-refractivity contribution in [3.05, 3.63) is 60.2 Å². The van der Waals surface area contributed by atoms with Crippen LogP contribution in [0.3, 0.4) is 0 Å². The number of hydrogen-bond acceptors (Lipinski definition) is 5. The summed E-state index contributed by atoms with van der Waals surface area (Å²) < 4.78 is 46.8. The first kappa shape index (κ1) is 23.1. The van der Waals surface area contributed by atoms with E-state index in [0.29, 0.717) is 34.8 Å². The molecule has 2 aromatic heterocycles. The number of imidazole rings is 1. The number of primary amides is 1. The maximum atomic E-state index is 13.6. The number of anilines is 1. The average Bonchev–Trinajstić information content (AvgIpc) is 3.37. The highest BCUT2D eigenvalue weighted by molar-refractivity contribution is 7.92. The number of furan rings is 1. The fourth-order valence-corrected chi connectivity index (χ4v) is 5.37. The lowest BCUT2D eigenvalue weighted by Crippen LogP contribution is -2.32. The number of carbonyl (C=O) groups is 1. The number of halogens is 1. The van der Waals surface area contributed by atoms with Crippen LogP contribution in [-0.2, 0) is 14.8 Å². The molecule has 0 radical (unpaired) electrons. The monoisotopic (exact) mass is 496 g/mol. The van der Waals surface area contributed by atoms with Gasteiger partial charge >= 0.3 is 0 Å². The molecular formula is C25H25FN4O4S. The second-order valence-corrected chi connectivity index (χ2v) is 10.7. The first-order valence-electron chi connectivity index (χ1n) is 11.3. The van der Waals surface area contributed by atoms with Gasteiger partial charge in [0.25, 0.3) is 0 Å². The highest BCUT2D eigenvalue weighted by Crippen LogP contribution is 2.49. The normalized spacial score (nSPS) is 13.9. The lowest BCUT2D eigenvalue weighted by Gasteiger charge is -2.25. The summed E-state index contributed by atoms with van der Waals surface area (Å²) in [5, 5.41) is 0.788. The molecule has 0 spiro atoms. The van der Waals surface area contributed by atoms with Crippen LogP contribution in [0.5, 0.6) is 0 Å². The molecule has 2 heterocycles. The number of amides is 1. The first-order valence-corrected chi connectivity index (χ1v) is 13.2. The van der Waals surface area contributed by atoms with E-state index in [-0.39, 0.29) is 24.7 Å². The number of benzene rings is 2.